The fourth-order valence-corrected chi connectivity index (χ4v) is 9.43. The van der Waals surface area contributed by atoms with E-state index < -0.39 is 89.2 Å². The normalized spacial score (nSPS) is 47.9. The highest BCUT2D eigenvalue weighted by atomic mass is 16.7. The highest BCUT2D eigenvalue weighted by Gasteiger charge is 2.56. The van der Waals surface area contributed by atoms with E-state index >= 15 is 0 Å². The molecule has 0 aromatic carbocycles. The van der Waals surface area contributed by atoms with E-state index in [-0.39, 0.29) is 37.0 Å². The third-order valence-corrected chi connectivity index (χ3v) is 13.6. The molecule has 0 aromatic heterocycles. The molecule has 14 heteroatoms. The van der Waals surface area contributed by atoms with E-state index in [4.69, 9.17) is 28.4 Å². The van der Waals surface area contributed by atoms with Crippen LogP contribution in [0.2, 0.25) is 0 Å². The van der Waals surface area contributed by atoms with Crippen molar-refractivity contribution in [2.24, 2.45) is 23.2 Å². The molecule has 6 N–H and O–H groups in total. The van der Waals surface area contributed by atoms with E-state index in [1.807, 2.05) is 46.7 Å². The second-order valence-corrected chi connectivity index (χ2v) is 18.7. The minimum absolute atomic E-state index is 0.140. The van der Waals surface area contributed by atoms with Gasteiger partial charge in [-0.25, -0.2) is 0 Å². The maximum atomic E-state index is 14.4. The lowest BCUT2D eigenvalue weighted by Gasteiger charge is -2.55. The van der Waals surface area contributed by atoms with Gasteiger partial charge < -0.3 is 64.4 Å². The summed E-state index contributed by atoms with van der Waals surface area (Å²) in [5.74, 6) is -2.46. The van der Waals surface area contributed by atoms with E-state index in [9.17, 15) is 25.2 Å². The molecule has 3 fully saturated rings. The summed E-state index contributed by atoms with van der Waals surface area (Å²) in [4.78, 5) is 16.3. The SMILES string of the molecule is CCCNC[C@]1(C)[C@H](C)O[C@@H](OC2[C@@H](C)C(=O)O[C@H](CC)[C@@](C)(O)[C@H](O)[C@@H](C)NC[C@H](C)C[C@](C)(O)[C@H](O[C@@H]3O[C@H](C)C[C@H](N(C)C)[C@H]3O)[C@H]2C)C[C@@]1(C)OC. The molecule has 0 spiro atoms. The Bertz CT molecular complexity index is 1230. The molecule has 0 radical (unpaired) electrons. The summed E-state index contributed by atoms with van der Waals surface area (Å²) in [7, 11) is 5.50. The number of likely N-dealkylation sites (N-methyl/N-ethyl adjacent to an activating group) is 1. The van der Waals surface area contributed by atoms with Gasteiger partial charge in [0.2, 0.25) is 0 Å². The fourth-order valence-electron chi connectivity index (χ4n) is 9.43. The van der Waals surface area contributed by atoms with Crippen molar-refractivity contribution in [3.63, 3.8) is 0 Å². The van der Waals surface area contributed by atoms with Gasteiger partial charge in [0, 0.05) is 43.5 Å². The van der Waals surface area contributed by atoms with Crippen molar-refractivity contribution in [1.29, 1.82) is 0 Å². The van der Waals surface area contributed by atoms with E-state index in [0.29, 0.717) is 25.9 Å². The summed E-state index contributed by atoms with van der Waals surface area (Å²) in [6.07, 6.45) is -5.39. The maximum Gasteiger partial charge on any atom is 0.311 e. The van der Waals surface area contributed by atoms with Gasteiger partial charge in [-0.2, -0.15) is 0 Å². The van der Waals surface area contributed by atoms with Crippen LogP contribution >= 0.6 is 0 Å². The van der Waals surface area contributed by atoms with Crippen LogP contribution in [-0.2, 0) is 33.2 Å². The van der Waals surface area contributed by atoms with E-state index in [0.717, 1.165) is 13.0 Å². The Hall–Kier alpha value is -1.01. The molecule has 3 rings (SSSR count). The van der Waals surface area contributed by atoms with Crippen molar-refractivity contribution in [3.05, 3.63) is 0 Å². The molecule has 0 bridgehead atoms. The summed E-state index contributed by atoms with van der Waals surface area (Å²) < 4.78 is 39.0. The maximum absolute atomic E-state index is 14.4. The number of nitrogens with one attached hydrogen (secondary N) is 2. The number of cyclic esters (lactones) is 1. The predicted octanol–water partition coefficient (Wildman–Crippen LogP) is 3.20. The molecule has 1 unspecified atom stereocenters. The summed E-state index contributed by atoms with van der Waals surface area (Å²) in [5.41, 5.74) is -4.44. The summed E-state index contributed by atoms with van der Waals surface area (Å²) in [5, 5.41) is 54.1. The van der Waals surface area contributed by atoms with Crippen LogP contribution in [0.3, 0.4) is 0 Å². The number of carbonyl (C=O) groups excluding carboxylic acids is 1. The average molecular weight is 804 g/mol. The number of aliphatic hydroxyl groups excluding tert-OH is 2. The van der Waals surface area contributed by atoms with Crippen LogP contribution in [0, 0.1) is 23.2 Å². The number of rotatable bonds is 11. The van der Waals surface area contributed by atoms with Crippen LogP contribution in [0.15, 0.2) is 0 Å². The lowest BCUT2D eigenvalue weighted by atomic mass is 9.67. The molecular weight excluding hydrogens is 722 g/mol. The van der Waals surface area contributed by atoms with Crippen LogP contribution in [-0.4, -0.2) is 156 Å². The lowest BCUT2D eigenvalue weighted by molar-refractivity contribution is -0.323. The zero-order valence-electron chi connectivity index (χ0n) is 37.3. The van der Waals surface area contributed by atoms with Crippen LogP contribution < -0.4 is 10.6 Å². The van der Waals surface area contributed by atoms with Gasteiger partial charge in [0.15, 0.2) is 12.6 Å². The topological polar surface area (TPSA) is 181 Å². The van der Waals surface area contributed by atoms with Gasteiger partial charge in [-0.1, -0.05) is 34.6 Å². The van der Waals surface area contributed by atoms with Gasteiger partial charge in [0.25, 0.3) is 0 Å². The molecule has 330 valence electrons. The Morgan fingerprint density at radius 1 is 0.964 bits per heavy atom. The van der Waals surface area contributed by atoms with Crippen molar-refractivity contribution in [2.45, 2.75) is 199 Å². The molecule has 0 saturated carbocycles. The van der Waals surface area contributed by atoms with Crippen LogP contribution in [0.5, 0.6) is 0 Å². The third-order valence-electron chi connectivity index (χ3n) is 13.6. The number of hydrogen-bond acceptors (Lipinski definition) is 14. The number of nitrogens with zero attached hydrogens (tertiary/aromatic N) is 1. The molecule has 3 aliphatic rings. The Morgan fingerprint density at radius 2 is 1.61 bits per heavy atom. The third kappa shape index (κ3) is 11.0. The molecule has 3 saturated heterocycles. The zero-order valence-corrected chi connectivity index (χ0v) is 37.3. The van der Waals surface area contributed by atoms with Crippen LogP contribution in [0.4, 0.5) is 0 Å². The van der Waals surface area contributed by atoms with Gasteiger partial charge in [0.1, 0.15) is 23.9 Å². The number of ether oxygens (including phenoxy) is 6. The molecule has 56 heavy (non-hydrogen) atoms. The van der Waals surface area contributed by atoms with Crippen LogP contribution in [0.1, 0.15) is 115 Å². The highest BCUT2D eigenvalue weighted by molar-refractivity contribution is 5.73. The Kier molecular flexibility index (Phi) is 17.7. The van der Waals surface area contributed by atoms with Gasteiger partial charge >= 0.3 is 5.97 Å². The standard InChI is InChI=1S/C42H81N3O11/c1-16-18-43-23-39(9)29(8)53-32(21-41(39,11)51-15)55-34-26(5)36(56-38-33(46)30(45(13)14)19-25(4)52-38)40(10,49)20-24(3)22-44-28(7)35(47)42(12,50)31(17-2)54-37(48)27(34)6/h24-36,38,43-44,46-47,49-50H,16-23H2,1-15H3/t24-,25-,26+,27-,28-,29+,30+,31-,32+,33-,34?,35-,36-,38+,39-,40+,41-,42-/m1/s1. The lowest BCUT2D eigenvalue weighted by Crippen LogP contribution is -2.64. The van der Waals surface area contributed by atoms with Crippen molar-refractivity contribution in [1.82, 2.24) is 15.5 Å². The first-order valence-electron chi connectivity index (χ1n) is 21.2. The zero-order chi connectivity index (χ0) is 42.6. The predicted molar refractivity (Wildman–Crippen MR) is 215 cm³/mol. The van der Waals surface area contributed by atoms with E-state index in [1.165, 1.54) is 6.92 Å². The first kappa shape index (κ1) is 49.4. The molecule has 3 aliphatic heterocycles. The molecule has 0 amide bonds. The molecule has 14 nitrogen and oxygen atoms in total. The second-order valence-electron chi connectivity index (χ2n) is 18.7. The summed E-state index contributed by atoms with van der Waals surface area (Å²) in [6.45, 7) is 24.5. The van der Waals surface area contributed by atoms with Crippen molar-refractivity contribution in [2.75, 3.05) is 40.8 Å². The first-order chi connectivity index (χ1) is 25.9. The quantitative estimate of drug-likeness (QED) is 0.132. The van der Waals surface area contributed by atoms with Crippen molar-refractivity contribution >= 4 is 5.97 Å². The largest absolute Gasteiger partial charge is 0.459 e. The number of carbonyl (C=O) groups is 1. The first-order valence-corrected chi connectivity index (χ1v) is 21.2. The number of aliphatic hydroxyl groups is 4. The monoisotopic (exact) mass is 804 g/mol. The molecule has 0 aromatic rings. The highest BCUT2D eigenvalue weighted by Crippen LogP contribution is 2.47. The van der Waals surface area contributed by atoms with Gasteiger partial charge in [-0.05, 0) is 107 Å². The van der Waals surface area contributed by atoms with Crippen molar-refractivity contribution in [3.8, 4) is 0 Å². The Labute approximate surface area is 338 Å². The van der Waals surface area contributed by atoms with Gasteiger partial charge in [-0.3, -0.25) is 4.79 Å². The number of hydrogen-bond donors (Lipinski definition) is 6. The number of methoxy groups -OCH3 is 1. The Morgan fingerprint density at radius 3 is 2.18 bits per heavy atom. The molecule has 0 aliphatic carbocycles. The van der Waals surface area contributed by atoms with Gasteiger partial charge in [0.05, 0.1) is 41.5 Å². The van der Waals surface area contributed by atoms with Crippen molar-refractivity contribution < 1.29 is 53.6 Å². The smallest absolute Gasteiger partial charge is 0.311 e. The number of esters is 1. The Balaban J connectivity index is 2.16. The minimum atomic E-state index is -1.79. The second kappa shape index (κ2) is 20.0. The average Bonchev–Trinajstić information content (AvgIpc) is 3.12. The summed E-state index contributed by atoms with van der Waals surface area (Å²) >= 11 is 0. The van der Waals surface area contributed by atoms with E-state index in [1.54, 1.807) is 34.8 Å². The molecule has 18 atom stereocenters. The molecule has 3 heterocycles. The summed E-state index contributed by atoms with van der Waals surface area (Å²) in [6, 6.07) is -0.833. The minimum Gasteiger partial charge on any atom is -0.459 e. The molecular formula is C42H81N3O11. The van der Waals surface area contributed by atoms with E-state index in [2.05, 4.69) is 31.4 Å². The van der Waals surface area contributed by atoms with Crippen LogP contribution in [0.25, 0.3) is 0 Å². The fraction of sp³-hybridized carbons (Fsp3) is 0.976. The van der Waals surface area contributed by atoms with Gasteiger partial charge in [-0.15, -0.1) is 0 Å².